The van der Waals surface area contributed by atoms with Gasteiger partial charge < -0.3 is 0 Å². The summed E-state index contributed by atoms with van der Waals surface area (Å²) < 4.78 is 27.7. The minimum absolute atomic E-state index is 0.253. The van der Waals surface area contributed by atoms with Gasteiger partial charge in [-0.1, -0.05) is 29.8 Å². The first-order valence-corrected chi connectivity index (χ1v) is 7.97. The van der Waals surface area contributed by atoms with E-state index in [4.69, 9.17) is 0 Å². The van der Waals surface area contributed by atoms with Crippen molar-refractivity contribution >= 4 is 26.5 Å². The second kappa shape index (κ2) is 5.18. The Morgan fingerprint density at radius 2 is 1.76 bits per heavy atom. The number of aromatic nitrogens is 1. The van der Waals surface area contributed by atoms with Crippen LogP contribution in [-0.2, 0) is 10.0 Å². The summed E-state index contributed by atoms with van der Waals surface area (Å²) in [7, 11) is -3.63. The van der Waals surface area contributed by atoms with Crippen LogP contribution < -0.4 is 4.72 Å². The lowest BCUT2D eigenvalue weighted by Crippen LogP contribution is -2.13. The van der Waals surface area contributed by atoms with Crippen LogP contribution in [0.3, 0.4) is 0 Å². The van der Waals surface area contributed by atoms with Crippen LogP contribution in [0.2, 0.25) is 0 Å². The van der Waals surface area contributed by atoms with Crippen molar-refractivity contribution in [3.05, 3.63) is 66.5 Å². The molecular weight excluding hydrogens is 284 g/mol. The summed E-state index contributed by atoms with van der Waals surface area (Å²) in [4.78, 5) is 4.27. The maximum Gasteiger partial charge on any atom is 0.262 e. The molecule has 5 heteroatoms. The first-order valence-electron chi connectivity index (χ1n) is 6.48. The Kier molecular flexibility index (Phi) is 3.35. The van der Waals surface area contributed by atoms with Gasteiger partial charge in [-0.15, -0.1) is 0 Å². The van der Waals surface area contributed by atoms with E-state index in [1.165, 1.54) is 0 Å². The van der Waals surface area contributed by atoms with Crippen LogP contribution in [0.4, 0.5) is 5.69 Å². The quantitative estimate of drug-likeness (QED) is 0.806. The number of hydrogen-bond acceptors (Lipinski definition) is 3. The van der Waals surface area contributed by atoms with E-state index in [-0.39, 0.29) is 4.90 Å². The normalized spacial score (nSPS) is 11.5. The first kappa shape index (κ1) is 13.6. The SMILES string of the molecule is Cc1ccc(NS(=O)(=O)c2cccc3cnccc23)cc1. The summed E-state index contributed by atoms with van der Waals surface area (Å²) >= 11 is 0. The zero-order valence-corrected chi connectivity index (χ0v) is 12.3. The molecule has 0 aliphatic carbocycles. The predicted octanol–water partition coefficient (Wildman–Crippen LogP) is 3.34. The van der Waals surface area contributed by atoms with Gasteiger partial charge in [0.15, 0.2) is 0 Å². The van der Waals surface area contributed by atoms with Gasteiger partial charge in [-0.2, -0.15) is 0 Å². The topological polar surface area (TPSA) is 59.1 Å². The zero-order valence-electron chi connectivity index (χ0n) is 11.4. The third kappa shape index (κ3) is 2.73. The predicted molar refractivity (Wildman–Crippen MR) is 83.7 cm³/mol. The van der Waals surface area contributed by atoms with Crippen molar-refractivity contribution in [2.75, 3.05) is 4.72 Å². The number of nitrogens with zero attached hydrogens (tertiary/aromatic N) is 1. The lowest BCUT2D eigenvalue weighted by atomic mass is 10.2. The first-order chi connectivity index (χ1) is 10.1. The zero-order chi connectivity index (χ0) is 14.9. The molecule has 0 amide bonds. The van der Waals surface area contributed by atoms with Crippen LogP contribution in [0.25, 0.3) is 10.8 Å². The third-order valence-corrected chi connectivity index (χ3v) is 4.67. The maximum absolute atomic E-state index is 12.6. The van der Waals surface area contributed by atoms with Crippen LogP contribution in [0.15, 0.2) is 65.8 Å². The highest BCUT2D eigenvalue weighted by atomic mass is 32.2. The fraction of sp³-hybridized carbons (Fsp3) is 0.0625. The number of rotatable bonds is 3. The van der Waals surface area contributed by atoms with Crippen molar-refractivity contribution in [1.82, 2.24) is 4.98 Å². The molecule has 3 aromatic rings. The molecule has 0 saturated heterocycles. The summed E-state index contributed by atoms with van der Waals surface area (Å²) in [6.45, 7) is 1.95. The molecule has 3 rings (SSSR count). The third-order valence-electron chi connectivity index (χ3n) is 3.23. The summed E-state index contributed by atoms with van der Waals surface area (Å²) in [5.41, 5.74) is 1.63. The summed E-state index contributed by atoms with van der Waals surface area (Å²) in [5.74, 6) is 0. The van der Waals surface area contributed by atoms with Gasteiger partial charge in [-0.3, -0.25) is 9.71 Å². The standard InChI is InChI=1S/C16H14N2O2S/c1-12-5-7-14(8-6-12)18-21(19,20)16-4-2-3-13-11-17-10-9-15(13)16/h2-11,18H,1H3. The number of fused-ring (bicyclic) bond motifs is 1. The largest absolute Gasteiger partial charge is 0.280 e. The Morgan fingerprint density at radius 3 is 2.52 bits per heavy atom. The van der Waals surface area contributed by atoms with Crippen molar-refractivity contribution < 1.29 is 8.42 Å². The molecule has 0 saturated carbocycles. The molecule has 2 aromatic carbocycles. The van der Waals surface area contributed by atoms with Crippen LogP contribution >= 0.6 is 0 Å². The molecule has 0 fully saturated rings. The van der Waals surface area contributed by atoms with Gasteiger partial charge in [0, 0.05) is 28.9 Å². The second-order valence-corrected chi connectivity index (χ2v) is 6.48. The fourth-order valence-corrected chi connectivity index (χ4v) is 3.45. The average Bonchev–Trinajstić information content (AvgIpc) is 2.49. The monoisotopic (exact) mass is 298 g/mol. The van der Waals surface area contributed by atoms with E-state index in [9.17, 15) is 8.42 Å². The lowest BCUT2D eigenvalue weighted by molar-refractivity contribution is 0.602. The Morgan fingerprint density at radius 1 is 1.00 bits per heavy atom. The summed E-state index contributed by atoms with van der Waals surface area (Å²) in [6.07, 6.45) is 3.24. The second-order valence-electron chi connectivity index (χ2n) is 4.82. The molecule has 0 aliphatic heterocycles. The van der Waals surface area contributed by atoms with E-state index in [0.29, 0.717) is 11.1 Å². The molecule has 106 valence electrons. The van der Waals surface area contributed by atoms with Crippen molar-refractivity contribution in [2.24, 2.45) is 0 Å². The van der Waals surface area contributed by atoms with Gasteiger partial charge in [0.05, 0.1) is 4.90 Å². The molecule has 0 radical (unpaired) electrons. The van der Waals surface area contributed by atoms with E-state index in [1.807, 2.05) is 25.1 Å². The smallest absolute Gasteiger partial charge is 0.262 e. The number of anilines is 1. The van der Waals surface area contributed by atoms with E-state index >= 15 is 0 Å². The highest BCUT2D eigenvalue weighted by Gasteiger charge is 2.17. The number of nitrogens with one attached hydrogen (secondary N) is 1. The van der Waals surface area contributed by atoms with E-state index in [1.54, 1.807) is 42.7 Å². The lowest BCUT2D eigenvalue weighted by Gasteiger charge is -2.10. The average molecular weight is 298 g/mol. The van der Waals surface area contributed by atoms with Gasteiger partial charge in [0.2, 0.25) is 0 Å². The van der Waals surface area contributed by atoms with E-state index in [0.717, 1.165) is 10.9 Å². The molecule has 0 aliphatic rings. The van der Waals surface area contributed by atoms with Crippen molar-refractivity contribution in [2.45, 2.75) is 11.8 Å². The maximum atomic E-state index is 12.6. The van der Waals surface area contributed by atoms with E-state index in [2.05, 4.69) is 9.71 Å². The molecule has 1 aromatic heterocycles. The number of hydrogen-bond donors (Lipinski definition) is 1. The molecule has 1 heterocycles. The molecule has 0 unspecified atom stereocenters. The van der Waals surface area contributed by atoms with Crippen LogP contribution in [0.1, 0.15) is 5.56 Å². The highest BCUT2D eigenvalue weighted by Crippen LogP contribution is 2.24. The van der Waals surface area contributed by atoms with Gasteiger partial charge in [-0.25, -0.2) is 8.42 Å². The highest BCUT2D eigenvalue weighted by molar-refractivity contribution is 7.93. The number of aryl methyl sites for hydroxylation is 1. The van der Waals surface area contributed by atoms with Crippen molar-refractivity contribution in [1.29, 1.82) is 0 Å². The van der Waals surface area contributed by atoms with Crippen molar-refractivity contribution in [3.63, 3.8) is 0 Å². The van der Waals surface area contributed by atoms with Gasteiger partial charge in [-0.05, 0) is 31.2 Å². The molecule has 4 nitrogen and oxygen atoms in total. The van der Waals surface area contributed by atoms with Crippen molar-refractivity contribution in [3.8, 4) is 0 Å². The molecular formula is C16H14N2O2S. The molecule has 0 atom stereocenters. The Bertz CT molecular complexity index is 882. The minimum Gasteiger partial charge on any atom is -0.280 e. The van der Waals surface area contributed by atoms with E-state index < -0.39 is 10.0 Å². The van der Waals surface area contributed by atoms with Gasteiger partial charge in [0.25, 0.3) is 10.0 Å². The Hall–Kier alpha value is -2.40. The number of benzene rings is 2. The van der Waals surface area contributed by atoms with Gasteiger partial charge >= 0.3 is 0 Å². The fourth-order valence-electron chi connectivity index (χ4n) is 2.16. The van der Waals surface area contributed by atoms with Gasteiger partial charge in [0.1, 0.15) is 0 Å². The Balaban J connectivity index is 2.06. The molecule has 0 spiro atoms. The van der Waals surface area contributed by atoms with Crippen LogP contribution in [0.5, 0.6) is 0 Å². The van der Waals surface area contributed by atoms with Crippen LogP contribution in [0, 0.1) is 6.92 Å². The molecule has 21 heavy (non-hydrogen) atoms. The summed E-state index contributed by atoms with van der Waals surface area (Å²) in [5, 5.41) is 1.45. The number of pyridine rings is 1. The summed E-state index contributed by atoms with van der Waals surface area (Å²) in [6, 6.07) is 14.1. The Labute approximate surface area is 123 Å². The number of sulfonamides is 1. The minimum atomic E-state index is -3.63. The van der Waals surface area contributed by atoms with Crippen LogP contribution in [-0.4, -0.2) is 13.4 Å². The molecule has 1 N–H and O–H groups in total. The molecule has 0 bridgehead atoms.